The molecule has 4 nitrogen and oxygen atoms in total. The number of imidazole rings is 1. The molecule has 0 atom stereocenters. The van der Waals surface area contributed by atoms with Gasteiger partial charge in [-0.05, 0) is 83.9 Å². The topological polar surface area (TPSA) is 27.2 Å². The molecule has 12 aromatic rings. The summed E-state index contributed by atoms with van der Waals surface area (Å²) < 4.78 is 8.35. The van der Waals surface area contributed by atoms with E-state index in [0.29, 0.717) is 0 Å². The zero-order valence-corrected chi connectivity index (χ0v) is 31.0. The summed E-state index contributed by atoms with van der Waals surface area (Å²) in [4.78, 5) is 6.36. The van der Waals surface area contributed by atoms with Crippen LogP contribution in [-0.2, 0) is 0 Å². The highest BCUT2D eigenvalue weighted by molar-refractivity contribution is 7.23. The van der Waals surface area contributed by atoms with E-state index in [1.807, 2.05) is 0 Å². The van der Waals surface area contributed by atoms with E-state index in [9.17, 15) is 0 Å². The lowest BCUT2D eigenvalue weighted by Crippen LogP contribution is -1.93. The third-order valence-corrected chi connectivity index (χ3v) is 12.3. The Morgan fingerprint density at radius 2 is 0.839 bits per heavy atom. The molecule has 0 bridgehead atoms. The van der Waals surface area contributed by atoms with Crippen molar-refractivity contribution in [2.45, 2.75) is 0 Å². The molecular weight excluding hydrogens is 701 g/mol. The van der Waals surface area contributed by atoms with Crippen molar-refractivity contribution in [1.82, 2.24) is 18.5 Å². The van der Waals surface area contributed by atoms with E-state index in [1.54, 1.807) is 11.3 Å². The van der Waals surface area contributed by atoms with E-state index in [1.165, 1.54) is 65.1 Å². The number of fused-ring (bicyclic) bond motifs is 9. The second-order valence-corrected chi connectivity index (χ2v) is 15.4. The first kappa shape index (κ1) is 31.2. The average molecular weight is 733 g/mol. The van der Waals surface area contributed by atoms with Crippen LogP contribution in [0.3, 0.4) is 0 Å². The van der Waals surface area contributed by atoms with E-state index in [2.05, 4.69) is 208 Å². The van der Waals surface area contributed by atoms with E-state index in [-0.39, 0.29) is 0 Å². The molecule has 5 heteroatoms. The van der Waals surface area contributed by atoms with Gasteiger partial charge in [-0.1, -0.05) is 133 Å². The Balaban J connectivity index is 1.09. The molecule has 0 aliphatic carbocycles. The quantitative estimate of drug-likeness (QED) is 0.173. The molecule has 4 aromatic heterocycles. The van der Waals surface area contributed by atoms with Crippen molar-refractivity contribution in [1.29, 1.82) is 0 Å². The lowest BCUT2D eigenvalue weighted by molar-refractivity contribution is 1.18. The predicted molar refractivity (Wildman–Crippen MR) is 236 cm³/mol. The number of rotatable bonds is 5. The summed E-state index contributed by atoms with van der Waals surface area (Å²) in [6.45, 7) is 0. The van der Waals surface area contributed by atoms with Crippen molar-refractivity contribution in [3.8, 4) is 45.0 Å². The van der Waals surface area contributed by atoms with Crippen molar-refractivity contribution < 1.29 is 0 Å². The first-order valence-corrected chi connectivity index (χ1v) is 19.8. The van der Waals surface area contributed by atoms with Crippen LogP contribution in [-0.4, -0.2) is 18.5 Å². The molecule has 8 aromatic carbocycles. The SMILES string of the molecule is c1ccc(-c2nc3sc4ccc(-c5ccc6c(c5)c5ccccc5n6-c5ccccc5)cc4n3c2-c2ccc3c(c2)c2ccccc2n3-c2ccccc2)cc1. The molecule has 0 aliphatic heterocycles. The fourth-order valence-electron chi connectivity index (χ4n) is 8.79. The minimum absolute atomic E-state index is 0.985. The molecule has 12 rings (SSSR count). The van der Waals surface area contributed by atoms with Crippen LogP contribution >= 0.6 is 11.3 Å². The van der Waals surface area contributed by atoms with Crippen LogP contribution in [0.2, 0.25) is 0 Å². The van der Waals surface area contributed by atoms with Crippen molar-refractivity contribution in [2.75, 3.05) is 0 Å². The molecule has 0 saturated heterocycles. The Kier molecular flexibility index (Phi) is 6.76. The van der Waals surface area contributed by atoms with Crippen LogP contribution in [0, 0.1) is 0 Å². The molecule has 0 radical (unpaired) electrons. The zero-order chi connectivity index (χ0) is 36.7. The lowest BCUT2D eigenvalue weighted by atomic mass is 10.0. The smallest absolute Gasteiger partial charge is 0.195 e. The van der Waals surface area contributed by atoms with Crippen LogP contribution < -0.4 is 0 Å². The molecule has 4 heterocycles. The van der Waals surface area contributed by atoms with Gasteiger partial charge in [-0.3, -0.25) is 4.40 Å². The van der Waals surface area contributed by atoms with Gasteiger partial charge in [0.15, 0.2) is 4.96 Å². The van der Waals surface area contributed by atoms with Gasteiger partial charge in [-0.25, -0.2) is 4.98 Å². The summed E-state index contributed by atoms with van der Waals surface area (Å²) in [5.41, 5.74) is 15.0. The number of benzene rings is 8. The Hall–Kier alpha value is -7.21. The van der Waals surface area contributed by atoms with E-state index in [4.69, 9.17) is 4.98 Å². The minimum Gasteiger partial charge on any atom is -0.309 e. The third kappa shape index (κ3) is 4.62. The van der Waals surface area contributed by atoms with Gasteiger partial charge >= 0.3 is 0 Å². The van der Waals surface area contributed by atoms with E-state index >= 15 is 0 Å². The van der Waals surface area contributed by atoms with Crippen LogP contribution in [0.4, 0.5) is 0 Å². The monoisotopic (exact) mass is 732 g/mol. The van der Waals surface area contributed by atoms with Gasteiger partial charge in [0.05, 0.1) is 43.7 Å². The Labute approximate surface area is 326 Å². The van der Waals surface area contributed by atoms with E-state index in [0.717, 1.165) is 38.7 Å². The van der Waals surface area contributed by atoms with Crippen molar-refractivity contribution in [3.63, 3.8) is 0 Å². The zero-order valence-electron chi connectivity index (χ0n) is 30.2. The fraction of sp³-hybridized carbons (Fsp3) is 0. The van der Waals surface area contributed by atoms with Gasteiger partial charge in [0.25, 0.3) is 0 Å². The number of thiazole rings is 1. The highest BCUT2D eigenvalue weighted by Gasteiger charge is 2.22. The van der Waals surface area contributed by atoms with Gasteiger partial charge < -0.3 is 9.13 Å². The molecule has 0 aliphatic rings. The molecule has 0 amide bonds. The van der Waals surface area contributed by atoms with Gasteiger partial charge in [0.2, 0.25) is 0 Å². The maximum absolute atomic E-state index is 5.37. The van der Waals surface area contributed by atoms with Crippen molar-refractivity contribution in [3.05, 3.63) is 194 Å². The van der Waals surface area contributed by atoms with Crippen molar-refractivity contribution >= 4 is 70.1 Å². The van der Waals surface area contributed by atoms with Crippen LogP contribution in [0.5, 0.6) is 0 Å². The van der Waals surface area contributed by atoms with Gasteiger partial charge in [-0.15, -0.1) is 0 Å². The molecule has 262 valence electrons. The number of para-hydroxylation sites is 4. The Bertz CT molecular complexity index is 3460. The average Bonchev–Trinajstić information content (AvgIpc) is 4.00. The Morgan fingerprint density at radius 1 is 0.357 bits per heavy atom. The summed E-state index contributed by atoms with van der Waals surface area (Å²) in [6, 6.07) is 70.1. The van der Waals surface area contributed by atoms with Crippen LogP contribution in [0.25, 0.3) is 104 Å². The fourth-order valence-corrected chi connectivity index (χ4v) is 9.80. The number of hydrogen-bond acceptors (Lipinski definition) is 2. The number of hydrogen-bond donors (Lipinski definition) is 0. The summed E-state index contributed by atoms with van der Waals surface area (Å²) >= 11 is 1.75. The first-order chi connectivity index (χ1) is 27.8. The van der Waals surface area contributed by atoms with Crippen molar-refractivity contribution in [2.24, 2.45) is 0 Å². The molecule has 56 heavy (non-hydrogen) atoms. The largest absolute Gasteiger partial charge is 0.309 e. The van der Waals surface area contributed by atoms with Crippen LogP contribution in [0.15, 0.2) is 194 Å². The molecule has 0 N–H and O–H groups in total. The second-order valence-electron chi connectivity index (χ2n) is 14.4. The first-order valence-electron chi connectivity index (χ1n) is 19.0. The summed E-state index contributed by atoms with van der Waals surface area (Å²) in [6.07, 6.45) is 0. The summed E-state index contributed by atoms with van der Waals surface area (Å²) in [7, 11) is 0. The normalized spacial score (nSPS) is 11.9. The predicted octanol–water partition coefficient (Wildman–Crippen LogP) is 13.7. The van der Waals surface area contributed by atoms with Crippen LogP contribution in [0.1, 0.15) is 0 Å². The van der Waals surface area contributed by atoms with Gasteiger partial charge in [0, 0.05) is 44.0 Å². The number of nitrogens with zero attached hydrogens (tertiary/aromatic N) is 4. The molecular formula is C51H32N4S. The molecule has 0 fully saturated rings. The summed E-state index contributed by atoms with van der Waals surface area (Å²) in [5.74, 6) is 0. The molecule has 0 saturated carbocycles. The Morgan fingerprint density at radius 3 is 1.46 bits per heavy atom. The minimum atomic E-state index is 0.985. The third-order valence-electron chi connectivity index (χ3n) is 11.3. The lowest BCUT2D eigenvalue weighted by Gasteiger charge is -2.10. The number of aromatic nitrogens is 4. The highest BCUT2D eigenvalue weighted by Crippen LogP contribution is 2.43. The van der Waals surface area contributed by atoms with Gasteiger partial charge in [-0.2, -0.15) is 0 Å². The maximum atomic E-state index is 5.37. The maximum Gasteiger partial charge on any atom is 0.195 e. The van der Waals surface area contributed by atoms with E-state index < -0.39 is 0 Å². The summed E-state index contributed by atoms with van der Waals surface area (Å²) in [5, 5.41) is 4.95. The van der Waals surface area contributed by atoms with Gasteiger partial charge in [0.1, 0.15) is 0 Å². The molecule has 0 spiro atoms. The highest BCUT2D eigenvalue weighted by atomic mass is 32.1. The molecule has 0 unspecified atom stereocenters. The second kappa shape index (κ2) is 12.2. The standard InChI is InChI=1S/C51H32N4S/c1-4-14-33(15-5-1)49-50(36-25-28-46-42(31-36)40-21-11-13-23-44(40)54(46)38-18-8-3-9-19-38)55-47-32-35(26-29-48(47)56-51(55)52-49)34-24-27-45-41(30-34)39-20-10-12-22-43(39)53(45)37-16-6-2-7-17-37/h1-32H.